The minimum Gasteiger partial charge on any atom is -0.399 e. The predicted molar refractivity (Wildman–Crippen MR) is 85.0 cm³/mol. The van der Waals surface area contributed by atoms with Crippen molar-refractivity contribution in [3.8, 4) is 0 Å². The topological polar surface area (TPSA) is 87.5 Å². The highest BCUT2D eigenvalue weighted by atomic mass is 16.2. The SMILES string of the molecule is CCNC(=O)CN(C)C(C)C(=O)Nc1cc(N)ccc1C. The van der Waals surface area contributed by atoms with Crippen molar-refractivity contribution in [2.45, 2.75) is 26.8 Å². The normalized spacial score (nSPS) is 12.0. The highest BCUT2D eigenvalue weighted by Crippen LogP contribution is 2.18. The quantitative estimate of drug-likeness (QED) is 0.682. The number of likely N-dealkylation sites (N-methyl/N-ethyl adjacent to an activating group) is 2. The van der Waals surface area contributed by atoms with E-state index < -0.39 is 6.04 Å². The summed E-state index contributed by atoms with van der Waals surface area (Å²) in [5.41, 5.74) is 7.95. The Hall–Kier alpha value is -2.08. The van der Waals surface area contributed by atoms with Crippen LogP contribution in [0, 0.1) is 6.92 Å². The molecule has 21 heavy (non-hydrogen) atoms. The number of nitrogens with two attached hydrogens (primary N) is 1. The summed E-state index contributed by atoms with van der Waals surface area (Å²) in [6, 6.07) is 4.95. The number of benzene rings is 1. The fourth-order valence-corrected chi connectivity index (χ4v) is 1.83. The molecule has 6 nitrogen and oxygen atoms in total. The molecule has 1 rings (SSSR count). The molecule has 0 aromatic heterocycles. The maximum absolute atomic E-state index is 12.2. The Morgan fingerprint density at radius 3 is 2.67 bits per heavy atom. The van der Waals surface area contributed by atoms with Gasteiger partial charge in [0.25, 0.3) is 0 Å². The molecule has 0 aliphatic carbocycles. The van der Waals surface area contributed by atoms with Gasteiger partial charge in [-0.25, -0.2) is 0 Å². The number of anilines is 2. The van der Waals surface area contributed by atoms with E-state index in [2.05, 4.69) is 10.6 Å². The number of aryl methyl sites for hydroxylation is 1. The third kappa shape index (κ3) is 5.07. The Labute approximate surface area is 125 Å². The largest absolute Gasteiger partial charge is 0.399 e. The number of amides is 2. The van der Waals surface area contributed by atoms with Crippen molar-refractivity contribution in [3.05, 3.63) is 23.8 Å². The van der Waals surface area contributed by atoms with Crippen molar-refractivity contribution >= 4 is 23.2 Å². The van der Waals surface area contributed by atoms with Crippen molar-refractivity contribution < 1.29 is 9.59 Å². The summed E-state index contributed by atoms with van der Waals surface area (Å²) in [6.45, 7) is 6.28. The molecule has 0 aliphatic heterocycles. The number of carbonyl (C=O) groups excluding carboxylic acids is 2. The van der Waals surface area contributed by atoms with Gasteiger partial charge in [-0.2, -0.15) is 0 Å². The maximum Gasteiger partial charge on any atom is 0.241 e. The second-order valence-electron chi connectivity index (χ2n) is 5.11. The van der Waals surface area contributed by atoms with Gasteiger partial charge in [0.2, 0.25) is 11.8 Å². The Bertz CT molecular complexity index is 516. The van der Waals surface area contributed by atoms with Crippen LogP contribution in [0.15, 0.2) is 18.2 Å². The van der Waals surface area contributed by atoms with Crippen molar-refractivity contribution in [1.82, 2.24) is 10.2 Å². The Kier molecular flexibility index (Phi) is 6.17. The van der Waals surface area contributed by atoms with Crippen LogP contribution in [-0.4, -0.2) is 42.9 Å². The number of rotatable bonds is 6. The zero-order valence-corrected chi connectivity index (χ0v) is 13.1. The second kappa shape index (κ2) is 7.64. The first-order chi connectivity index (χ1) is 9.85. The lowest BCUT2D eigenvalue weighted by Crippen LogP contribution is -2.44. The maximum atomic E-state index is 12.2. The van der Waals surface area contributed by atoms with Gasteiger partial charge in [0.05, 0.1) is 12.6 Å². The van der Waals surface area contributed by atoms with Crippen molar-refractivity contribution in [2.75, 3.05) is 31.2 Å². The van der Waals surface area contributed by atoms with E-state index in [1.165, 1.54) is 0 Å². The van der Waals surface area contributed by atoms with E-state index >= 15 is 0 Å². The molecule has 0 radical (unpaired) electrons. The zero-order valence-electron chi connectivity index (χ0n) is 13.1. The molecular formula is C15H24N4O2. The molecule has 116 valence electrons. The number of hydrogen-bond donors (Lipinski definition) is 3. The number of hydrogen-bond acceptors (Lipinski definition) is 4. The molecule has 0 heterocycles. The third-order valence-electron chi connectivity index (χ3n) is 3.33. The fraction of sp³-hybridized carbons (Fsp3) is 0.467. The first-order valence-electron chi connectivity index (χ1n) is 6.99. The molecule has 0 saturated heterocycles. The van der Waals surface area contributed by atoms with Crippen LogP contribution in [0.25, 0.3) is 0 Å². The molecule has 1 aromatic rings. The molecule has 1 atom stereocenters. The summed E-state index contributed by atoms with van der Waals surface area (Å²) in [5.74, 6) is -0.268. The molecule has 1 aromatic carbocycles. The summed E-state index contributed by atoms with van der Waals surface area (Å²) in [5, 5.41) is 5.55. The van der Waals surface area contributed by atoms with Crippen molar-refractivity contribution in [2.24, 2.45) is 0 Å². The van der Waals surface area contributed by atoms with Gasteiger partial charge < -0.3 is 16.4 Å². The molecule has 0 fully saturated rings. The van der Waals surface area contributed by atoms with Crippen LogP contribution in [-0.2, 0) is 9.59 Å². The van der Waals surface area contributed by atoms with Gasteiger partial charge in [0, 0.05) is 17.9 Å². The fourth-order valence-electron chi connectivity index (χ4n) is 1.83. The van der Waals surface area contributed by atoms with Gasteiger partial charge in [-0.05, 0) is 45.5 Å². The van der Waals surface area contributed by atoms with Gasteiger partial charge in [-0.1, -0.05) is 6.07 Å². The minimum absolute atomic E-state index is 0.0974. The van der Waals surface area contributed by atoms with E-state index in [9.17, 15) is 9.59 Å². The Morgan fingerprint density at radius 2 is 2.05 bits per heavy atom. The number of nitrogens with zero attached hydrogens (tertiary/aromatic N) is 1. The first-order valence-corrected chi connectivity index (χ1v) is 6.99. The number of nitrogen functional groups attached to an aromatic ring is 1. The van der Waals surface area contributed by atoms with Crippen LogP contribution in [0.4, 0.5) is 11.4 Å². The smallest absolute Gasteiger partial charge is 0.241 e. The first kappa shape index (κ1) is 17.0. The van der Waals surface area contributed by atoms with Crippen LogP contribution < -0.4 is 16.4 Å². The van der Waals surface area contributed by atoms with E-state index in [0.717, 1.165) is 5.56 Å². The summed E-state index contributed by atoms with van der Waals surface area (Å²) in [6.07, 6.45) is 0. The lowest BCUT2D eigenvalue weighted by Gasteiger charge is -2.23. The Balaban J connectivity index is 2.65. The monoisotopic (exact) mass is 292 g/mol. The summed E-state index contributed by atoms with van der Waals surface area (Å²) in [4.78, 5) is 25.5. The van der Waals surface area contributed by atoms with Crippen LogP contribution in [0.2, 0.25) is 0 Å². The van der Waals surface area contributed by atoms with Crippen LogP contribution >= 0.6 is 0 Å². The highest BCUT2D eigenvalue weighted by Gasteiger charge is 2.20. The van der Waals surface area contributed by atoms with Crippen LogP contribution in [0.1, 0.15) is 19.4 Å². The number of carbonyl (C=O) groups is 2. The highest BCUT2D eigenvalue weighted by molar-refractivity contribution is 5.96. The van der Waals surface area contributed by atoms with Crippen molar-refractivity contribution in [1.29, 1.82) is 0 Å². The van der Waals surface area contributed by atoms with Gasteiger partial charge in [-0.15, -0.1) is 0 Å². The molecule has 0 saturated carbocycles. The molecule has 0 aliphatic rings. The van der Waals surface area contributed by atoms with Gasteiger partial charge >= 0.3 is 0 Å². The lowest BCUT2D eigenvalue weighted by molar-refractivity contribution is -0.124. The van der Waals surface area contributed by atoms with E-state index in [0.29, 0.717) is 17.9 Å². The standard InChI is InChI=1S/C15H24N4O2/c1-5-17-14(20)9-19(4)11(3)15(21)18-13-8-12(16)7-6-10(13)2/h6-8,11H,5,9,16H2,1-4H3,(H,17,20)(H,18,21). The zero-order chi connectivity index (χ0) is 16.0. The Morgan fingerprint density at radius 1 is 1.38 bits per heavy atom. The summed E-state index contributed by atoms with van der Waals surface area (Å²) in [7, 11) is 1.74. The van der Waals surface area contributed by atoms with Gasteiger partial charge in [0.1, 0.15) is 0 Å². The van der Waals surface area contributed by atoms with Gasteiger partial charge in [-0.3, -0.25) is 14.5 Å². The van der Waals surface area contributed by atoms with E-state index in [4.69, 9.17) is 5.73 Å². The predicted octanol–water partition coefficient (Wildman–Crippen LogP) is 0.972. The lowest BCUT2D eigenvalue weighted by atomic mass is 10.1. The van der Waals surface area contributed by atoms with Gasteiger partial charge in [0.15, 0.2) is 0 Å². The molecule has 0 bridgehead atoms. The van der Waals surface area contributed by atoms with E-state index in [1.807, 2.05) is 19.9 Å². The molecule has 6 heteroatoms. The molecule has 2 amide bonds. The van der Waals surface area contributed by atoms with Crippen LogP contribution in [0.5, 0.6) is 0 Å². The van der Waals surface area contributed by atoms with E-state index in [1.54, 1.807) is 31.0 Å². The molecule has 4 N–H and O–H groups in total. The number of nitrogens with one attached hydrogen (secondary N) is 2. The molecule has 1 unspecified atom stereocenters. The van der Waals surface area contributed by atoms with Crippen LogP contribution in [0.3, 0.4) is 0 Å². The van der Waals surface area contributed by atoms with E-state index in [-0.39, 0.29) is 18.4 Å². The summed E-state index contributed by atoms with van der Waals surface area (Å²) >= 11 is 0. The van der Waals surface area contributed by atoms with Crippen molar-refractivity contribution in [3.63, 3.8) is 0 Å². The second-order valence-corrected chi connectivity index (χ2v) is 5.11. The molecule has 0 spiro atoms. The minimum atomic E-state index is -0.423. The average molecular weight is 292 g/mol. The third-order valence-corrected chi connectivity index (χ3v) is 3.33. The molecular weight excluding hydrogens is 268 g/mol. The average Bonchev–Trinajstić information content (AvgIpc) is 2.42. The summed E-state index contributed by atoms with van der Waals surface area (Å²) < 4.78 is 0.